The predicted octanol–water partition coefficient (Wildman–Crippen LogP) is 1.35. The highest BCUT2D eigenvalue weighted by Crippen LogP contribution is 2.33. The van der Waals surface area contributed by atoms with Crippen molar-refractivity contribution in [3.63, 3.8) is 0 Å². The first-order valence-corrected chi connectivity index (χ1v) is 6.00. The van der Waals surface area contributed by atoms with Gasteiger partial charge in [-0.3, -0.25) is 0 Å². The average molecular weight is 352 g/mol. The summed E-state index contributed by atoms with van der Waals surface area (Å²) in [6, 6.07) is 0.414. The van der Waals surface area contributed by atoms with E-state index in [4.69, 9.17) is 0 Å². The Labute approximate surface area is 96.9 Å². The number of sulfonamides is 1. The molecule has 0 saturated carbocycles. The van der Waals surface area contributed by atoms with Crippen LogP contribution in [0.1, 0.15) is 5.56 Å². The lowest BCUT2D eigenvalue weighted by Crippen LogP contribution is -2.17. The molecule has 0 spiro atoms. The molecule has 1 rings (SSSR count). The number of pyridine rings is 1. The molecule has 1 heterocycles. The van der Waals surface area contributed by atoms with E-state index in [9.17, 15) is 21.6 Å². The van der Waals surface area contributed by atoms with E-state index in [0.717, 1.165) is 6.20 Å². The lowest BCUT2D eigenvalue weighted by Gasteiger charge is -2.09. The van der Waals surface area contributed by atoms with E-state index in [0.29, 0.717) is 6.07 Å². The van der Waals surface area contributed by atoms with Gasteiger partial charge >= 0.3 is 6.18 Å². The highest BCUT2D eigenvalue weighted by molar-refractivity contribution is 14.1. The smallest absolute Gasteiger partial charge is 0.242 e. The fourth-order valence-corrected chi connectivity index (χ4v) is 1.87. The van der Waals surface area contributed by atoms with Crippen molar-refractivity contribution in [2.24, 2.45) is 5.14 Å². The fourth-order valence-electron chi connectivity index (χ4n) is 0.792. The molecule has 84 valence electrons. The molecule has 0 fully saturated rings. The van der Waals surface area contributed by atoms with Crippen molar-refractivity contribution in [3.8, 4) is 0 Å². The van der Waals surface area contributed by atoms with Crippen molar-refractivity contribution >= 4 is 32.6 Å². The van der Waals surface area contributed by atoms with E-state index in [1.54, 1.807) is 0 Å². The Balaban J connectivity index is 3.43. The highest BCUT2D eigenvalue weighted by Gasteiger charge is 2.34. The van der Waals surface area contributed by atoms with E-state index in [1.165, 1.54) is 22.6 Å². The van der Waals surface area contributed by atoms with Crippen molar-refractivity contribution in [3.05, 3.63) is 21.4 Å². The quantitative estimate of drug-likeness (QED) is 0.776. The van der Waals surface area contributed by atoms with Gasteiger partial charge in [0.1, 0.15) is 0 Å². The van der Waals surface area contributed by atoms with Gasteiger partial charge in [0.25, 0.3) is 10.0 Å². The van der Waals surface area contributed by atoms with Crippen LogP contribution in [0.25, 0.3) is 0 Å². The second-order valence-corrected chi connectivity index (χ2v) is 5.22. The number of halogens is 4. The summed E-state index contributed by atoms with van der Waals surface area (Å²) in [5.41, 5.74) is -1.07. The van der Waals surface area contributed by atoms with Crippen molar-refractivity contribution < 1.29 is 21.6 Å². The Hall–Kier alpha value is -0.420. The Kier molecular flexibility index (Phi) is 3.26. The molecular weight excluding hydrogens is 348 g/mol. The molecule has 1 aromatic heterocycles. The summed E-state index contributed by atoms with van der Waals surface area (Å²) in [7, 11) is -4.22. The van der Waals surface area contributed by atoms with Gasteiger partial charge in [-0.15, -0.1) is 0 Å². The Bertz CT molecular complexity index is 486. The third-order valence-corrected chi connectivity index (χ3v) is 3.09. The Morgan fingerprint density at radius 1 is 1.40 bits per heavy atom. The summed E-state index contributed by atoms with van der Waals surface area (Å²) >= 11 is 1.41. The van der Waals surface area contributed by atoms with Gasteiger partial charge in [-0.05, 0) is 28.7 Å². The van der Waals surface area contributed by atoms with Crippen LogP contribution in [-0.2, 0) is 16.2 Å². The van der Waals surface area contributed by atoms with Gasteiger partial charge in [-0.25, -0.2) is 18.5 Å². The maximum atomic E-state index is 12.3. The van der Waals surface area contributed by atoms with Gasteiger partial charge in [-0.1, -0.05) is 0 Å². The summed E-state index contributed by atoms with van der Waals surface area (Å²) < 4.78 is 58.4. The third-order valence-electron chi connectivity index (χ3n) is 1.43. The zero-order chi connectivity index (χ0) is 11.9. The Morgan fingerprint density at radius 2 is 1.93 bits per heavy atom. The number of aromatic nitrogens is 1. The zero-order valence-electron chi connectivity index (χ0n) is 6.92. The molecule has 0 aliphatic heterocycles. The average Bonchev–Trinajstić information content (AvgIpc) is 2.00. The van der Waals surface area contributed by atoms with Crippen LogP contribution in [0.5, 0.6) is 0 Å². The minimum atomic E-state index is -4.63. The zero-order valence-corrected chi connectivity index (χ0v) is 9.89. The van der Waals surface area contributed by atoms with Crippen LogP contribution in [0.4, 0.5) is 13.2 Å². The molecule has 9 heteroatoms. The molecule has 15 heavy (non-hydrogen) atoms. The number of hydrogen-bond acceptors (Lipinski definition) is 3. The van der Waals surface area contributed by atoms with E-state index < -0.39 is 26.8 Å². The lowest BCUT2D eigenvalue weighted by molar-refractivity contribution is -0.138. The molecule has 2 N–H and O–H groups in total. The second-order valence-electron chi connectivity index (χ2n) is 2.55. The normalized spacial score (nSPS) is 12.9. The van der Waals surface area contributed by atoms with Gasteiger partial charge in [0.05, 0.1) is 5.56 Å². The maximum absolute atomic E-state index is 12.3. The molecule has 0 aliphatic rings. The van der Waals surface area contributed by atoms with Crippen LogP contribution in [0.2, 0.25) is 0 Å². The highest BCUT2D eigenvalue weighted by atomic mass is 127. The van der Waals surface area contributed by atoms with E-state index in [-0.39, 0.29) is 3.57 Å². The van der Waals surface area contributed by atoms with Crippen molar-refractivity contribution in [1.29, 1.82) is 0 Å². The summed E-state index contributed by atoms with van der Waals surface area (Å²) in [6.45, 7) is 0. The molecule has 0 aliphatic carbocycles. The van der Waals surface area contributed by atoms with Crippen molar-refractivity contribution in [1.82, 2.24) is 4.98 Å². The Morgan fingerprint density at radius 3 is 2.33 bits per heavy atom. The molecule has 0 amide bonds. The van der Waals surface area contributed by atoms with Crippen LogP contribution in [0.15, 0.2) is 17.3 Å². The van der Waals surface area contributed by atoms with E-state index in [1.807, 2.05) is 0 Å². The molecule has 0 saturated heterocycles. The van der Waals surface area contributed by atoms with Crippen LogP contribution in [0.3, 0.4) is 0 Å². The second kappa shape index (κ2) is 3.87. The van der Waals surface area contributed by atoms with E-state index in [2.05, 4.69) is 10.1 Å². The van der Waals surface area contributed by atoms with Crippen LogP contribution in [-0.4, -0.2) is 13.4 Å². The molecule has 0 bridgehead atoms. The first-order chi connectivity index (χ1) is 6.62. The lowest BCUT2D eigenvalue weighted by atomic mass is 10.3. The number of rotatable bonds is 1. The van der Waals surface area contributed by atoms with E-state index >= 15 is 0 Å². The van der Waals surface area contributed by atoms with Gasteiger partial charge in [0.2, 0.25) is 0 Å². The molecule has 0 radical (unpaired) electrons. The predicted molar refractivity (Wildman–Crippen MR) is 53.3 cm³/mol. The summed E-state index contributed by atoms with van der Waals surface area (Å²) in [4.78, 5) is 3.30. The van der Waals surface area contributed by atoms with Gasteiger partial charge in [-0.2, -0.15) is 13.2 Å². The first-order valence-electron chi connectivity index (χ1n) is 3.38. The van der Waals surface area contributed by atoms with Crippen LogP contribution < -0.4 is 5.14 Å². The molecule has 0 unspecified atom stereocenters. The monoisotopic (exact) mass is 352 g/mol. The number of primary sulfonamides is 1. The summed E-state index contributed by atoms with van der Waals surface area (Å²) in [5.74, 6) is 0. The van der Waals surface area contributed by atoms with Gasteiger partial charge in [0.15, 0.2) is 5.03 Å². The van der Waals surface area contributed by atoms with Crippen LogP contribution >= 0.6 is 22.6 Å². The molecule has 0 aromatic carbocycles. The van der Waals surface area contributed by atoms with Gasteiger partial charge in [0, 0.05) is 9.77 Å². The first kappa shape index (κ1) is 12.6. The SMILES string of the molecule is NS(=O)(=O)c1cc(C(F)(F)F)c(I)cn1. The summed E-state index contributed by atoms with van der Waals surface area (Å²) in [5, 5.41) is 3.86. The largest absolute Gasteiger partial charge is 0.417 e. The molecular formula is C6H4F3IN2O2S. The van der Waals surface area contributed by atoms with Crippen molar-refractivity contribution in [2.75, 3.05) is 0 Å². The third kappa shape index (κ3) is 3.01. The molecule has 1 aromatic rings. The number of nitrogens with zero attached hydrogens (tertiary/aromatic N) is 1. The number of hydrogen-bond donors (Lipinski definition) is 1. The fraction of sp³-hybridized carbons (Fsp3) is 0.167. The topological polar surface area (TPSA) is 73.1 Å². The number of nitrogens with two attached hydrogens (primary N) is 1. The van der Waals surface area contributed by atoms with Gasteiger partial charge < -0.3 is 0 Å². The molecule has 0 atom stereocenters. The van der Waals surface area contributed by atoms with Crippen LogP contribution in [0, 0.1) is 3.57 Å². The summed E-state index contributed by atoms with van der Waals surface area (Å²) in [6.07, 6.45) is -3.82. The maximum Gasteiger partial charge on any atom is 0.417 e. The minimum absolute atomic E-state index is 0.187. The van der Waals surface area contributed by atoms with Crippen molar-refractivity contribution in [2.45, 2.75) is 11.2 Å². The standard InChI is InChI=1S/C6H4F3IN2O2S/c7-6(8,9)3-1-5(15(11,13)14)12-2-4(3)10/h1-2H,(H2,11,13,14). The molecule has 4 nitrogen and oxygen atoms in total. The number of alkyl halides is 3. The minimum Gasteiger partial charge on any atom is -0.242 e.